The first-order chi connectivity index (χ1) is 8.24. The van der Waals surface area contributed by atoms with Gasteiger partial charge >= 0.3 is 6.03 Å². The molecule has 1 unspecified atom stereocenters. The first kappa shape index (κ1) is 12.5. The first-order valence-electron chi connectivity index (χ1n) is 5.79. The Morgan fingerprint density at radius 3 is 2.71 bits per heavy atom. The highest BCUT2D eigenvalue weighted by Gasteiger charge is 2.36. The van der Waals surface area contributed by atoms with Crippen molar-refractivity contribution in [3.63, 3.8) is 0 Å². The van der Waals surface area contributed by atoms with E-state index in [0.29, 0.717) is 11.6 Å². The Kier molecular flexibility index (Phi) is 4.11. The summed E-state index contributed by atoms with van der Waals surface area (Å²) in [6.07, 6.45) is 0. The number of hydrogen-bond acceptors (Lipinski definition) is 4. The van der Waals surface area contributed by atoms with Gasteiger partial charge in [0.25, 0.3) is 0 Å². The molecular formula is C10H18N4O2S. The SMILES string of the molecule is CNC(=O)N1CSCC1C(=O)N1CCNCC1. The quantitative estimate of drug-likeness (QED) is 0.642. The molecule has 0 radical (unpaired) electrons. The van der Waals surface area contributed by atoms with Crippen molar-refractivity contribution in [3.8, 4) is 0 Å². The zero-order valence-corrected chi connectivity index (χ0v) is 10.8. The van der Waals surface area contributed by atoms with E-state index in [4.69, 9.17) is 0 Å². The van der Waals surface area contributed by atoms with Crippen molar-refractivity contribution >= 4 is 23.7 Å². The van der Waals surface area contributed by atoms with Gasteiger partial charge in [0.2, 0.25) is 5.91 Å². The molecule has 2 aliphatic rings. The summed E-state index contributed by atoms with van der Waals surface area (Å²) < 4.78 is 0. The van der Waals surface area contributed by atoms with E-state index in [-0.39, 0.29) is 18.0 Å². The lowest BCUT2D eigenvalue weighted by Gasteiger charge is -2.32. The highest BCUT2D eigenvalue weighted by atomic mass is 32.2. The van der Waals surface area contributed by atoms with Crippen LogP contribution in [-0.4, -0.2) is 72.6 Å². The van der Waals surface area contributed by atoms with Crippen molar-refractivity contribution in [2.24, 2.45) is 0 Å². The lowest BCUT2D eigenvalue weighted by molar-refractivity contribution is -0.135. The summed E-state index contributed by atoms with van der Waals surface area (Å²) >= 11 is 1.63. The van der Waals surface area contributed by atoms with E-state index >= 15 is 0 Å². The van der Waals surface area contributed by atoms with Gasteiger partial charge < -0.3 is 20.4 Å². The summed E-state index contributed by atoms with van der Waals surface area (Å²) in [5, 5.41) is 5.80. The number of piperazine rings is 1. The fraction of sp³-hybridized carbons (Fsp3) is 0.800. The number of thioether (sulfide) groups is 1. The minimum Gasteiger partial charge on any atom is -0.341 e. The third-order valence-electron chi connectivity index (χ3n) is 3.07. The van der Waals surface area contributed by atoms with Crippen molar-refractivity contribution in [1.29, 1.82) is 0 Å². The highest BCUT2D eigenvalue weighted by molar-refractivity contribution is 7.99. The molecule has 2 fully saturated rings. The molecule has 0 aromatic rings. The summed E-state index contributed by atoms with van der Waals surface area (Å²) in [4.78, 5) is 27.4. The van der Waals surface area contributed by atoms with E-state index in [1.165, 1.54) is 0 Å². The van der Waals surface area contributed by atoms with Gasteiger partial charge in [-0.25, -0.2) is 4.79 Å². The summed E-state index contributed by atoms with van der Waals surface area (Å²) in [5.74, 6) is 1.39. The molecule has 2 aliphatic heterocycles. The molecule has 2 heterocycles. The van der Waals surface area contributed by atoms with E-state index in [9.17, 15) is 9.59 Å². The van der Waals surface area contributed by atoms with Crippen molar-refractivity contribution < 1.29 is 9.59 Å². The van der Waals surface area contributed by atoms with E-state index in [2.05, 4.69) is 10.6 Å². The van der Waals surface area contributed by atoms with Gasteiger partial charge in [-0.1, -0.05) is 0 Å². The van der Waals surface area contributed by atoms with Crippen LogP contribution in [0, 0.1) is 0 Å². The van der Waals surface area contributed by atoms with Crippen LogP contribution in [0.5, 0.6) is 0 Å². The molecule has 6 nitrogen and oxygen atoms in total. The van der Waals surface area contributed by atoms with Crippen LogP contribution < -0.4 is 10.6 Å². The molecule has 0 aromatic heterocycles. The van der Waals surface area contributed by atoms with Gasteiger partial charge in [0.1, 0.15) is 6.04 Å². The minimum atomic E-state index is -0.293. The predicted molar refractivity (Wildman–Crippen MR) is 66.9 cm³/mol. The number of hydrogen-bond donors (Lipinski definition) is 2. The second-order valence-corrected chi connectivity index (χ2v) is 5.12. The summed E-state index contributed by atoms with van der Waals surface area (Å²) in [5.41, 5.74) is 0. The normalized spacial score (nSPS) is 24.9. The van der Waals surface area contributed by atoms with Crippen LogP contribution in [0.4, 0.5) is 4.79 Å². The van der Waals surface area contributed by atoms with Gasteiger partial charge in [-0.05, 0) is 0 Å². The summed E-state index contributed by atoms with van der Waals surface area (Å²) in [7, 11) is 1.59. The van der Waals surface area contributed by atoms with Crippen LogP contribution in [0.2, 0.25) is 0 Å². The number of urea groups is 1. The lowest BCUT2D eigenvalue weighted by atomic mass is 10.2. The van der Waals surface area contributed by atoms with Crippen molar-refractivity contribution in [3.05, 3.63) is 0 Å². The Labute approximate surface area is 105 Å². The van der Waals surface area contributed by atoms with Gasteiger partial charge in [0.15, 0.2) is 0 Å². The topological polar surface area (TPSA) is 64.7 Å². The maximum Gasteiger partial charge on any atom is 0.318 e. The van der Waals surface area contributed by atoms with Gasteiger partial charge in [-0.3, -0.25) is 4.79 Å². The average Bonchev–Trinajstić information content (AvgIpc) is 2.87. The first-order valence-corrected chi connectivity index (χ1v) is 6.95. The molecule has 2 rings (SSSR count). The van der Waals surface area contributed by atoms with Crippen LogP contribution in [0.3, 0.4) is 0 Å². The van der Waals surface area contributed by atoms with Crippen LogP contribution in [0.15, 0.2) is 0 Å². The molecule has 96 valence electrons. The fourth-order valence-corrected chi connectivity index (χ4v) is 3.23. The zero-order chi connectivity index (χ0) is 12.3. The number of carbonyl (C=O) groups is 2. The third kappa shape index (κ3) is 2.66. The molecule has 17 heavy (non-hydrogen) atoms. The number of nitrogens with zero attached hydrogens (tertiary/aromatic N) is 2. The van der Waals surface area contributed by atoms with Crippen LogP contribution in [0.1, 0.15) is 0 Å². The highest BCUT2D eigenvalue weighted by Crippen LogP contribution is 2.22. The summed E-state index contributed by atoms with van der Waals surface area (Å²) in [6.45, 7) is 3.15. The second kappa shape index (κ2) is 5.59. The summed E-state index contributed by atoms with van der Waals surface area (Å²) in [6, 6.07) is -0.457. The molecule has 0 aromatic carbocycles. The molecule has 2 N–H and O–H groups in total. The molecule has 0 spiro atoms. The standard InChI is InChI=1S/C10H18N4O2S/c1-11-10(16)14-7-17-6-8(14)9(15)13-4-2-12-3-5-13/h8,12H,2-7H2,1H3,(H,11,16). The average molecular weight is 258 g/mol. The molecule has 3 amide bonds. The Balaban J connectivity index is 1.99. The van der Waals surface area contributed by atoms with Gasteiger partial charge in [-0.15, -0.1) is 11.8 Å². The van der Waals surface area contributed by atoms with E-state index in [1.54, 1.807) is 23.7 Å². The molecule has 0 bridgehead atoms. The van der Waals surface area contributed by atoms with Crippen molar-refractivity contribution in [2.45, 2.75) is 6.04 Å². The Morgan fingerprint density at radius 1 is 1.35 bits per heavy atom. The van der Waals surface area contributed by atoms with Crippen LogP contribution >= 0.6 is 11.8 Å². The second-order valence-electron chi connectivity index (χ2n) is 4.12. The van der Waals surface area contributed by atoms with E-state index < -0.39 is 0 Å². The smallest absolute Gasteiger partial charge is 0.318 e. The molecule has 1 atom stereocenters. The van der Waals surface area contributed by atoms with Crippen molar-refractivity contribution in [1.82, 2.24) is 20.4 Å². The molecule has 7 heteroatoms. The molecule has 0 saturated carbocycles. The van der Waals surface area contributed by atoms with E-state index in [0.717, 1.165) is 26.2 Å². The lowest BCUT2D eigenvalue weighted by Crippen LogP contribution is -2.55. The maximum atomic E-state index is 12.3. The van der Waals surface area contributed by atoms with Crippen LogP contribution in [-0.2, 0) is 4.79 Å². The number of amides is 3. The monoisotopic (exact) mass is 258 g/mol. The largest absolute Gasteiger partial charge is 0.341 e. The maximum absolute atomic E-state index is 12.3. The molecule has 0 aliphatic carbocycles. The minimum absolute atomic E-state index is 0.0834. The Morgan fingerprint density at radius 2 is 2.06 bits per heavy atom. The number of rotatable bonds is 1. The van der Waals surface area contributed by atoms with Gasteiger partial charge in [0.05, 0.1) is 5.88 Å². The van der Waals surface area contributed by atoms with Gasteiger partial charge in [-0.2, -0.15) is 0 Å². The third-order valence-corrected chi connectivity index (χ3v) is 4.08. The molecule has 2 saturated heterocycles. The van der Waals surface area contributed by atoms with E-state index in [1.807, 2.05) is 4.90 Å². The number of nitrogens with one attached hydrogen (secondary N) is 2. The number of carbonyl (C=O) groups excluding carboxylic acids is 2. The molecular weight excluding hydrogens is 240 g/mol. The van der Waals surface area contributed by atoms with Crippen molar-refractivity contribution in [2.75, 3.05) is 44.9 Å². The Bertz CT molecular complexity index is 307. The Hall–Kier alpha value is -0.950. The predicted octanol–water partition coefficient (Wildman–Crippen LogP) is -0.867. The zero-order valence-electron chi connectivity index (χ0n) is 9.94. The van der Waals surface area contributed by atoms with Gasteiger partial charge in [0, 0.05) is 39.0 Å². The van der Waals surface area contributed by atoms with Crippen LogP contribution in [0.25, 0.3) is 0 Å². The fourth-order valence-electron chi connectivity index (χ4n) is 2.09.